The molecule has 0 saturated carbocycles. The number of hydrogen-bond acceptors (Lipinski definition) is 1. The molecule has 0 aromatic rings. The number of nitrogens with zero attached hydrogens (tertiary/aromatic N) is 1. The van der Waals surface area contributed by atoms with Gasteiger partial charge in [-0.1, -0.05) is 59.8 Å². The first-order chi connectivity index (χ1) is 7.65. The van der Waals surface area contributed by atoms with Crippen molar-refractivity contribution in [1.82, 2.24) is 0 Å². The zero-order valence-electron chi connectivity index (χ0n) is 11.6. The van der Waals surface area contributed by atoms with Crippen molar-refractivity contribution >= 4 is 0 Å². The molecule has 1 heteroatoms. The van der Waals surface area contributed by atoms with Gasteiger partial charge in [-0.15, -0.1) is 0 Å². The van der Waals surface area contributed by atoms with Crippen LogP contribution in [0, 0.1) is 29.1 Å². The molecule has 0 bridgehead atoms. The average molecular weight is 223 g/mol. The van der Waals surface area contributed by atoms with Crippen molar-refractivity contribution in [3.8, 4) is 6.07 Å². The third-order valence-corrected chi connectivity index (χ3v) is 3.50. The first kappa shape index (κ1) is 15.5. The van der Waals surface area contributed by atoms with Crippen molar-refractivity contribution in [3.63, 3.8) is 0 Å². The molecule has 0 spiro atoms. The lowest BCUT2D eigenvalue weighted by Gasteiger charge is -2.25. The second-order valence-corrected chi connectivity index (χ2v) is 5.42. The van der Waals surface area contributed by atoms with Crippen LogP contribution in [-0.4, -0.2) is 0 Å². The second-order valence-electron chi connectivity index (χ2n) is 5.42. The van der Waals surface area contributed by atoms with Crippen molar-refractivity contribution in [2.24, 2.45) is 17.8 Å². The fraction of sp³-hybridized carbons (Fsp3) is 0.933. The molecule has 0 rings (SSSR count). The van der Waals surface area contributed by atoms with E-state index >= 15 is 0 Å². The summed E-state index contributed by atoms with van der Waals surface area (Å²) in [6, 6.07) is 2.38. The molecule has 0 aliphatic carbocycles. The molecule has 0 radical (unpaired) electrons. The third kappa shape index (κ3) is 6.88. The average Bonchev–Trinajstić information content (AvgIpc) is 2.23. The predicted octanol–water partition coefficient (Wildman–Crippen LogP) is 5.17. The zero-order chi connectivity index (χ0) is 12.4. The highest BCUT2D eigenvalue weighted by atomic mass is 14.3. The summed E-state index contributed by atoms with van der Waals surface area (Å²) < 4.78 is 0. The van der Waals surface area contributed by atoms with Crippen LogP contribution < -0.4 is 0 Å². The Labute approximate surface area is 102 Å². The van der Waals surface area contributed by atoms with Crippen molar-refractivity contribution in [2.45, 2.75) is 72.6 Å². The van der Waals surface area contributed by atoms with Gasteiger partial charge in [-0.3, -0.25) is 0 Å². The maximum atomic E-state index is 8.92. The van der Waals surface area contributed by atoms with Gasteiger partial charge in [-0.25, -0.2) is 0 Å². The summed E-state index contributed by atoms with van der Waals surface area (Å²) in [7, 11) is 0. The molecule has 0 amide bonds. The van der Waals surface area contributed by atoms with Crippen LogP contribution in [0.25, 0.3) is 0 Å². The lowest BCUT2D eigenvalue weighted by molar-refractivity contribution is 0.257. The molecule has 0 heterocycles. The number of hydrogen-bond donors (Lipinski definition) is 0. The molecular weight excluding hydrogens is 194 g/mol. The van der Waals surface area contributed by atoms with E-state index in [1.165, 1.54) is 38.5 Å². The van der Waals surface area contributed by atoms with Gasteiger partial charge >= 0.3 is 0 Å². The summed E-state index contributed by atoms with van der Waals surface area (Å²) in [5.41, 5.74) is 0. The zero-order valence-corrected chi connectivity index (χ0v) is 11.6. The van der Waals surface area contributed by atoms with Gasteiger partial charge in [0.25, 0.3) is 0 Å². The molecule has 0 aromatic carbocycles. The van der Waals surface area contributed by atoms with E-state index in [-0.39, 0.29) is 0 Å². The van der Waals surface area contributed by atoms with E-state index in [0.717, 1.165) is 18.3 Å². The van der Waals surface area contributed by atoms with E-state index in [2.05, 4.69) is 33.8 Å². The first-order valence-electron chi connectivity index (χ1n) is 7.02. The smallest absolute Gasteiger partial charge is 0.0624 e. The fourth-order valence-corrected chi connectivity index (χ4v) is 2.59. The Kier molecular flexibility index (Phi) is 9.39. The SMILES string of the molecule is CCCCCC(CC)C(CC#N)CC(C)C. The van der Waals surface area contributed by atoms with Gasteiger partial charge in [0, 0.05) is 6.42 Å². The van der Waals surface area contributed by atoms with E-state index in [4.69, 9.17) is 5.26 Å². The molecule has 0 aliphatic rings. The quantitative estimate of drug-likeness (QED) is 0.495. The highest BCUT2D eigenvalue weighted by Gasteiger charge is 2.20. The first-order valence-corrected chi connectivity index (χ1v) is 7.02. The van der Waals surface area contributed by atoms with Crippen molar-refractivity contribution in [1.29, 1.82) is 5.26 Å². The highest BCUT2D eigenvalue weighted by Crippen LogP contribution is 2.30. The lowest BCUT2D eigenvalue weighted by Crippen LogP contribution is -2.16. The van der Waals surface area contributed by atoms with Crippen LogP contribution in [0.1, 0.15) is 72.6 Å². The van der Waals surface area contributed by atoms with Crippen LogP contribution in [0.2, 0.25) is 0 Å². The molecule has 0 saturated heterocycles. The Balaban J connectivity index is 4.16. The predicted molar refractivity (Wildman–Crippen MR) is 71.1 cm³/mol. The fourth-order valence-electron chi connectivity index (χ4n) is 2.59. The van der Waals surface area contributed by atoms with Crippen LogP contribution in [0.5, 0.6) is 0 Å². The molecule has 0 aromatic heterocycles. The number of rotatable bonds is 9. The summed E-state index contributed by atoms with van der Waals surface area (Å²) >= 11 is 0. The van der Waals surface area contributed by atoms with E-state index in [9.17, 15) is 0 Å². The monoisotopic (exact) mass is 223 g/mol. The Bertz CT molecular complexity index is 190. The highest BCUT2D eigenvalue weighted by molar-refractivity contribution is 4.81. The Morgan fingerprint density at radius 2 is 1.75 bits per heavy atom. The molecule has 94 valence electrons. The van der Waals surface area contributed by atoms with E-state index in [1.54, 1.807) is 0 Å². The van der Waals surface area contributed by atoms with Crippen LogP contribution in [0.3, 0.4) is 0 Å². The molecule has 0 N–H and O–H groups in total. The van der Waals surface area contributed by atoms with Gasteiger partial charge in [0.1, 0.15) is 0 Å². The molecule has 1 nitrogen and oxygen atoms in total. The van der Waals surface area contributed by atoms with Crippen LogP contribution >= 0.6 is 0 Å². The molecule has 2 unspecified atom stereocenters. The van der Waals surface area contributed by atoms with Gasteiger partial charge in [0.15, 0.2) is 0 Å². The minimum atomic E-state index is 0.631. The van der Waals surface area contributed by atoms with Crippen LogP contribution in [0.4, 0.5) is 0 Å². The summed E-state index contributed by atoms with van der Waals surface area (Å²) in [5, 5.41) is 8.92. The van der Waals surface area contributed by atoms with Gasteiger partial charge in [0.2, 0.25) is 0 Å². The standard InChI is InChI=1S/C15H29N/c1-5-7-8-9-14(6-2)15(10-11-16)12-13(3)4/h13-15H,5-10,12H2,1-4H3. The lowest BCUT2D eigenvalue weighted by atomic mass is 9.79. The third-order valence-electron chi connectivity index (χ3n) is 3.50. The summed E-state index contributed by atoms with van der Waals surface area (Å²) in [6.07, 6.45) is 8.52. The van der Waals surface area contributed by atoms with Crippen LogP contribution in [0.15, 0.2) is 0 Å². The Morgan fingerprint density at radius 1 is 1.06 bits per heavy atom. The van der Waals surface area contributed by atoms with Gasteiger partial charge < -0.3 is 0 Å². The minimum absolute atomic E-state index is 0.631. The summed E-state index contributed by atoms with van der Waals surface area (Å²) in [6.45, 7) is 9.06. The van der Waals surface area contributed by atoms with Gasteiger partial charge in [0.05, 0.1) is 6.07 Å². The van der Waals surface area contributed by atoms with Gasteiger partial charge in [-0.2, -0.15) is 5.26 Å². The second kappa shape index (κ2) is 9.70. The van der Waals surface area contributed by atoms with Crippen molar-refractivity contribution in [2.75, 3.05) is 0 Å². The number of nitriles is 1. The Morgan fingerprint density at radius 3 is 2.19 bits per heavy atom. The largest absolute Gasteiger partial charge is 0.198 e. The van der Waals surface area contributed by atoms with E-state index in [0.29, 0.717) is 5.92 Å². The molecule has 0 aliphatic heterocycles. The summed E-state index contributed by atoms with van der Waals surface area (Å²) in [4.78, 5) is 0. The minimum Gasteiger partial charge on any atom is -0.198 e. The molecule has 0 fully saturated rings. The molecule has 2 atom stereocenters. The van der Waals surface area contributed by atoms with E-state index < -0.39 is 0 Å². The maximum absolute atomic E-state index is 8.92. The normalized spacial score (nSPS) is 14.8. The topological polar surface area (TPSA) is 23.8 Å². The molecule has 16 heavy (non-hydrogen) atoms. The molecular formula is C15H29N. The Hall–Kier alpha value is -0.510. The van der Waals surface area contributed by atoms with Crippen molar-refractivity contribution in [3.05, 3.63) is 0 Å². The summed E-state index contributed by atoms with van der Waals surface area (Å²) in [5.74, 6) is 2.12. The number of unbranched alkanes of at least 4 members (excludes halogenated alkanes) is 2. The van der Waals surface area contributed by atoms with Crippen molar-refractivity contribution < 1.29 is 0 Å². The van der Waals surface area contributed by atoms with Crippen LogP contribution in [-0.2, 0) is 0 Å². The van der Waals surface area contributed by atoms with E-state index in [1.807, 2.05) is 0 Å². The van der Waals surface area contributed by atoms with Gasteiger partial charge in [-0.05, 0) is 24.2 Å². The maximum Gasteiger partial charge on any atom is 0.0624 e.